The van der Waals surface area contributed by atoms with E-state index in [1.165, 1.54) is 6.07 Å². The molecule has 2 rings (SSSR count). The van der Waals surface area contributed by atoms with Gasteiger partial charge in [0.15, 0.2) is 11.4 Å². The van der Waals surface area contributed by atoms with Gasteiger partial charge in [0.1, 0.15) is 17.5 Å². The standard InChI is InChI=1S/C15H15ClN2O6/c1-7(2)23-8-3-4-9-10(5-8)14(16)17-12(13(9)21)15(22)24-18-11(20)6-19/h3-5,7,19,21H,6H2,1-2H3,(H,18,20). The predicted octanol–water partition coefficient (Wildman–Crippen LogP) is 1.56. The number of amides is 1. The molecule has 0 aliphatic heterocycles. The summed E-state index contributed by atoms with van der Waals surface area (Å²) in [5.74, 6) is -1.97. The summed E-state index contributed by atoms with van der Waals surface area (Å²) in [4.78, 5) is 31.0. The molecule has 24 heavy (non-hydrogen) atoms. The molecule has 1 aromatic carbocycles. The number of pyridine rings is 1. The van der Waals surface area contributed by atoms with Crippen molar-refractivity contribution in [2.45, 2.75) is 20.0 Å². The van der Waals surface area contributed by atoms with Gasteiger partial charge in [-0.15, -0.1) is 0 Å². The van der Waals surface area contributed by atoms with Crippen LogP contribution in [-0.2, 0) is 9.63 Å². The van der Waals surface area contributed by atoms with Crippen molar-refractivity contribution >= 4 is 34.2 Å². The molecule has 0 aliphatic carbocycles. The Morgan fingerprint density at radius 2 is 2.04 bits per heavy atom. The molecule has 8 nitrogen and oxygen atoms in total. The van der Waals surface area contributed by atoms with Crippen LogP contribution in [0.15, 0.2) is 18.2 Å². The van der Waals surface area contributed by atoms with Crippen LogP contribution in [-0.4, -0.2) is 39.8 Å². The number of nitrogens with one attached hydrogen (secondary N) is 1. The number of fused-ring (bicyclic) bond motifs is 1. The van der Waals surface area contributed by atoms with Crippen LogP contribution in [0.3, 0.4) is 0 Å². The lowest BCUT2D eigenvalue weighted by molar-refractivity contribution is -0.132. The van der Waals surface area contributed by atoms with Crippen molar-refractivity contribution in [2.24, 2.45) is 0 Å². The van der Waals surface area contributed by atoms with Crippen LogP contribution in [0.1, 0.15) is 24.3 Å². The molecule has 1 heterocycles. The van der Waals surface area contributed by atoms with E-state index in [9.17, 15) is 14.7 Å². The summed E-state index contributed by atoms with van der Waals surface area (Å²) in [5, 5.41) is 19.4. The fourth-order valence-electron chi connectivity index (χ4n) is 1.91. The Balaban J connectivity index is 2.38. The minimum Gasteiger partial charge on any atom is -0.505 e. The third-order valence-corrected chi connectivity index (χ3v) is 3.16. The number of carbonyl (C=O) groups is 2. The Labute approximate surface area is 141 Å². The zero-order valence-corrected chi connectivity index (χ0v) is 13.6. The summed E-state index contributed by atoms with van der Waals surface area (Å²) in [5.41, 5.74) is 1.23. The van der Waals surface area contributed by atoms with E-state index in [4.69, 9.17) is 21.4 Å². The van der Waals surface area contributed by atoms with Gasteiger partial charge in [0, 0.05) is 10.8 Å². The number of benzene rings is 1. The number of carbonyl (C=O) groups excluding carboxylic acids is 2. The molecule has 0 aliphatic rings. The SMILES string of the molecule is CC(C)Oc1ccc2c(O)c(C(=O)ONC(=O)CO)nc(Cl)c2c1. The Morgan fingerprint density at radius 3 is 2.67 bits per heavy atom. The van der Waals surface area contributed by atoms with E-state index in [1.54, 1.807) is 17.6 Å². The molecular formula is C15H15ClN2O6. The lowest BCUT2D eigenvalue weighted by Gasteiger charge is -2.12. The Morgan fingerprint density at radius 1 is 1.33 bits per heavy atom. The van der Waals surface area contributed by atoms with Gasteiger partial charge in [0.2, 0.25) is 0 Å². The third kappa shape index (κ3) is 3.84. The summed E-state index contributed by atoms with van der Waals surface area (Å²) in [6.07, 6.45) is -0.0489. The van der Waals surface area contributed by atoms with Crippen LogP contribution in [0.4, 0.5) is 0 Å². The average molecular weight is 355 g/mol. The second-order valence-electron chi connectivity index (χ2n) is 5.05. The zero-order valence-electron chi connectivity index (χ0n) is 12.9. The number of hydrogen-bond donors (Lipinski definition) is 3. The van der Waals surface area contributed by atoms with Crippen LogP contribution >= 0.6 is 11.6 Å². The summed E-state index contributed by atoms with van der Waals surface area (Å²) in [7, 11) is 0. The highest BCUT2D eigenvalue weighted by Crippen LogP contribution is 2.34. The van der Waals surface area contributed by atoms with E-state index in [-0.39, 0.29) is 16.6 Å². The molecule has 9 heteroatoms. The van der Waals surface area contributed by atoms with E-state index in [2.05, 4.69) is 9.82 Å². The van der Waals surface area contributed by atoms with Crippen molar-refractivity contribution in [3.05, 3.63) is 29.0 Å². The number of hydrogen-bond acceptors (Lipinski definition) is 7. The Hall–Kier alpha value is -2.58. The summed E-state index contributed by atoms with van der Waals surface area (Å²) in [6, 6.07) is 4.73. The van der Waals surface area contributed by atoms with Crippen molar-refractivity contribution in [1.82, 2.24) is 10.5 Å². The lowest BCUT2D eigenvalue weighted by atomic mass is 10.1. The predicted molar refractivity (Wildman–Crippen MR) is 84.8 cm³/mol. The molecule has 0 atom stereocenters. The third-order valence-electron chi connectivity index (χ3n) is 2.87. The minimum atomic E-state index is -1.12. The molecular weight excluding hydrogens is 340 g/mol. The van der Waals surface area contributed by atoms with Crippen molar-refractivity contribution in [3.8, 4) is 11.5 Å². The molecule has 0 unspecified atom stereocenters. The van der Waals surface area contributed by atoms with E-state index in [1.807, 2.05) is 13.8 Å². The topological polar surface area (TPSA) is 118 Å². The van der Waals surface area contributed by atoms with Gasteiger partial charge in [-0.2, -0.15) is 5.48 Å². The molecule has 0 spiro atoms. The number of aliphatic hydroxyl groups excluding tert-OH is 1. The largest absolute Gasteiger partial charge is 0.505 e. The van der Waals surface area contributed by atoms with Crippen molar-refractivity contribution in [2.75, 3.05) is 6.61 Å². The van der Waals surface area contributed by atoms with E-state index in [0.29, 0.717) is 11.1 Å². The number of rotatable bonds is 4. The molecule has 0 fully saturated rings. The van der Waals surface area contributed by atoms with Gasteiger partial charge in [-0.25, -0.2) is 9.78 Å². The first-order chi connectivity index (χ1) is 11.3. The maximum atomic E-state index is 11.9. The average Bonchev–Trinajstić information content (AvgIpc) is 2.54. The first-order valence-corrected chi connectivity index (χ1v) is 7.31. The minimum absolute atomic E-state index is 0.0440. The number of aliphatic hydroxyl groups is 1. The number of halogens is 1. The normalized spacial score (nSPS) is 10.7. The number of aromatic hydroxyl groups is 1. The quantitative estimate of drug-likeness (QED) is 0.563. The van der Waals surface area contributed by atoms with Gasteiger partial charge < -0.3 is 19.8 Å². The van der Waals surface area contributed by atoms with E-state index >= 15 is 0 Å². The van der Waals surface area contributed by atoms with Crippen LogP contribution in [0.25, 0.3) is 10.8 Å². The maximum absolute atomic E-state index is 11.9. The molecule has 1 amide bonds. The van der Waals surface area contributed by atoms with Crippen LogP contribution in [0.5, 0.6) is 11.5 Å². The maximum Gasteiger partial charge on any atom is 0.385 e. The highest BCUT2D eigenvalue weighted by molar-refractivity contribution is 6.35. The van der Waals surface area contributed by atoms with Crippen LogP contribution in [0.2, 0.25) is 5.15 Å². The molecule has 3 N–H and O–H groups in total. The molecule has 0 bridgehead atoms. The van der Waals surface area contributed by atoms with Crippen molar-refractivity contribution < 1.29 is 29.4 Å². The first-order valence-electron chi connectivity index (χ1n) is 6.93. The van der Waals surface area contributed by atoms with Gasteiger partial charge in [0.05, 0.1) is 6.10 Å². The van der Waals surface area contributed by atoms with Crippen LogP contribution < -0.4 is 10.2 Å². The van der Waals surface area contributed by atoms with Gasteiger partial charge in [-0.3, -0.25) is 4.79 Å². The molecule has 128 valence electrons. The Bertz CT molecular complexity index is 793. The molecule has 0 saturated heterocycles. The monoisotopic (exact) mass is 354 g/mol. The Kier molecular flexibility index (Phi) is 5.42. The summed E-state index contributed by atoms with van der Waals surface area (Å²) in [6.45, 7) is 2.87. The highest BCUT2D eigenvalue weighted by Gasteiger charge is 2.21. The number of aromatic nitrogens is 1. The summed E-state index contributed by atoms with van der Waals surface area (Å²) >= 11 is 6.06. The zero-order chi connectivity index (χ0) is 17.9. The van der Waals surface area contributed by atoms with Gasteiger partial charge in [0.25, 0.3) is 5.91 Å². The fraction of sp³-hybridized carbons (Fsp3) is 0.267. The molecule has 0 saturated carbocycles. The molecule has 1 aromatic heterocycles. The molecule has 0 radical (unpaired) electrons. The second kappa shape index (κ2) is 7.33. The number of ether oxygens (including phenoxy) is 1. The smallest absolute Gasteiger partial charge is 0.385 e. The van der Waals surface area contributed by atoms with Gasteiger partial charge >= 0.3 is 5.97 Å². The summed E-state index contributed by atoms with van der Waals surface area (Å²) < 4.78 is 5.54. The van der Waals surface area contributed by atoms with Crippen molar-refractivity contribution in [3.63, 3.8) is 0 Å². The van der Waals surface area contributed by atoms with E-state index < -0.39 is 29.9 Å². The van der Waals surface area contributed by atoms with Gasteiger partial charge in [-0.1, -0.05) is 11.6 Å². The van der Waals surface area contributed by atoms with Crippen LogP contribution in [0, 0.1) is 0 Å². The highest BCUT2D eigenvalue weighted by atomic mass is 35.5. The number of nitrogens with zero attached hydrogens (tertiary/aromatic N) is 1. The molecule has 2 aromatic rings. The first kappa shape index (κ1) is 17.8. The fourth-order valence-corrected chi connectivity index (χ4v) is 2.15. The van der Waals surface area contributed by atoms with Gasteiger partial charge in [-0.05, 0) is 32.0 Å². The second-order valence-corrected chi connectivity index (χ2v) is 5.40. The number of hydroxylamine groups is 1. The lowest BCUT2D eigenvalue weighted by Crippen LogP contribution is -2.29. The van der Waals surface area contributed by atoms with E-state index in [0.717, 1.165) is 0 Å². The van der Waals surface area contributed by atoms with Crippen molar-refractivity contribution in [1.29, 1.82) is 0 Å².